The quantitative estimate of drug-likeness (QED) is 0.00722. The van der Waals surface area contributed by atoms with Gasteiger partial charge >= 0.3 is 23.9 Å². The molecule has 564 valence electrons. The Bertz CT molecular complexity index is 4340. The molecule has 0 fully saturated rings. The number of phenols is 2. The number of nitrogen functional groups attached to an aromatic ring is 2. The fourth-order valence-corrected chi connectivity index (χ4v) is 10.4. The molecule has 4 atom stereocenters. The number of carbonyl (C=O) groups excluding carboxylic acids is 2. The van der Waals surface area contributed by atoms with Crippen LogP contribution in [0.2, 0.25) is 0 Å². The summed E-state index contributed by atoms with van der Waals surface area (Å²) in [7, 11) is 14.2. The Hall–Kier alpha value is -7.85. The summed E-state index contributed by atoms with van der Waals surface area (Å²) < 4.78 is 11.1. The van der Waals surface area contributed by atoms with E-state index in [1.54, 1.807) is 135 Å². The van der Waals surface area contributed by atoms with Gasteiger partial charge in [-0.05, 0) is 192 Å². The third-order valence-electron chi connectivity index (χ3n) is 14.0. The number of benzene rings is 10. The summed E-state index contributed by atoms with van der Waals surface area (Å²) in [5.41, 5.74) is 30.2. The first-order valence-electron chi connectivity index (χ1n) is 30.5. The first kappa shape index (κ1) is 105. The molecule has 0 aromatic heterocycles. The molecule has 10 aromatic rings. The number of aryl methyl sites for hydroxylation is 4. The topological polar surface area (TPSA) is 368 Å². The van der Waals surface area contributed by atoms with E-state index in [-0.39, 0.29) is 144 Å². The van der Waals surface area contributed by atoms with Crippen molar-refractivity contribution in [2.75, 3.05) is 44.1 Å². The summed E-state index contributed by atoms with van der Waals surface area (Å²) in [6, 6.07) is 63.6. The van der Waals surface area contributed by atoms with Crippen LogP contribution in [0.5, 0.6) is 23.0 Å². The molecule has 28 heteroatoms. The van der Waals surface area contributed by atoms with Gasteiger partial charge in [-0.1, -0.05) is 109 Å². The van der Waals surface area contributed by atoms with Crippen molar-refractivity contribution >= 4 is 117 Å². The number of anilines is 1. The summed E-state index contributed by atoms with van der Waals surface area (Å²) in [5.74, 6) is 0.0277. The molecular weight excluding hydrogens is 2100 g/mol. The minimum atomic E-state index is -0.879. The second-order valence-electron chi connectivity index (χ2n) is 20.9. The predicted molar refractivity (Wildman–Crippen MR) is 436 cm³/mol. The Labute approximate surface area is 690 Å². The first-order chi connectivity index (χ1) is 47.1. The number of carboxylic acid groups (broad SMARTS) is 2. The molecule has 0 bridgehead atoms. The monoisotopic (exact) mass is 2190 g/mol. The van der Waals surface area contributed by atoms with Crippen LogP contribution in [-0.2, 0) is 110 Å². The van der Waals surface area contributed by atoms with Gasteiger partial charge in [-0.3, -0.25) is 15.8 Å². The average molecular weight is 2190 g/mol. The molecule has 0 saturated heterocycles. The minimum Gasteiger partial charge on any atom is -0.508 e. The second-order valence-corrected chi connectivity index (χ2v) is 23.2. The first-order valence-corrected chi connectivity index (χ1v) is 33.8. The molecule has 0 amide bonds. The number of nitrogens with zero attached hydrogens (tertiary/aromatic N) is 2. The number of nitrogens with two attached hydrogens (primary N) is 4. The van der Waals surface area contributed by atoms with E-state index < -0.39 is 11.9 Å². The summed E-state index contributed by atoms with van der Waals surface area (Å²) in [5, 5.41) is 61.3. The summed E-state index contributed by atoms with van der Waals surface area (Å²) in [6.07, 6.45) is 6.66. The van der Waals surface area contributed by atoms with Crippen LogP contribution in [-0.4, -0.2) is 107 Å². The Morgan fingerprint density at radius 3 is 1.23 bits per heavy atom. The number of phenolic OH excluding ortho intramolecular Hbond substituents is 2. The van der Waals surface area contributed by atoms with Crippen LogP contribution in [0.25, 0.3) is 21.5 Å². The molecule has 0 aliphatic carbocycles. The normalized spacial score (nSPS) is 9.51. The molecule has 0 aliphatic rings. The fraction of sp³-hybridized carbons (Fsp3) is 0.128. The largest absolute Gasteiger partial charge is 0.508 e. The Kier molecular flexibility index (Phi) is 55.6. The maximum absolute atomic E-state index is 12.4. The van der Waals surface area contributed by atoms with E-state index in [4.69, 9.17) is 53.4 Å². The number of ether oxygens (including phenoxy) is 2. The van der Waals surface area contributed by atoms with Gasteiger partial charge in [-0.15, -0.1) is 37.0 Å². The van der Waals surface area contributed by atoms with Crippen molar-refractivity contribution in [1.29, 1.82) is 10.8 Å². The van der Waals surface area contributed by atoms with Gasteiger partial charge in [0.15, 0.2) is 11.9 Å². The van der Waals surface area contributed by atoms with Gasteiger partial charge in [0.2, 0.25) is 0 Å². The zero-order valence-electron chi connectivity index (χ0n) is 59.8. The van der Waals surface area contributed by atoms with E-state index in [1.165, 1.54) is 0 Å². The Balaban J connectivity index is -0.000000598. The number of carbonyl (C=O) groups is 4. The number of aliphatic imine (C=N–C) groups is 2. The number of carboxylic acids is 2. The number of amidine groups is 2. The van der Waals surface area contributed by atoms with Crippen LogP contribution in [0.3, 0.4) is 0 Å². The minimum absolute atomic E-state index is 0. The average Bonchev–Trinajstić information content (AvgIpc) is 0.797. The number of esters is 2. The fourth-order valence-electron chi connectivity index (χ4n) is 9.25. The molecule has 4 unspecified atom stereocenters. The standard InChI is InChI=1S/C20H19N2O2P.C16H18N3O2P.C13H15N2OP.C11H18N3OP.2C7H6O2.4CH3.4W/c21-19(22)15-6-8-16-14(12-15)7-9-18(17(16)10-11-25)24-20(23)13-4-2-1-3-5-13;17-16(18)19-13-6-7-14(12(10-13)8-9-22)21-15(20)11-4-2-1-3-5-11;14-13(15)9-1-3-10-8(7-9)2-4-12(16)11(10)5-6-17;1-12-11(13-2)14-9-3-4-10(15)8(7-9)5-6-16;2*8-7(9)6-4-2-1-3-5-6;;;;;;;;/h1-9,12H,10-11,25H2,(H3,21,22);1-7,10H,8-9,22H2,(H4,17,18,19);1-4,7,16H,5-6,17H2,(H3,14,15);3-4,7,15H,5-6,16H2,1-2H3,(H2,12,13,14);2*1-5H,(H,8,9);4*1H3;;;;/q;;;;;;4*-1;;;;. The van der Waals surface area contributed by atoms with Crippen LogP contribution < -0.4 is 43.0 Å². The number of guanidine groups is 2. The number of rotatable bonds is 18. The molecule has 10 aromatic carbocycles. The summed E-state index contributed by atoms with van der Waals surface area (Å²) in [4.78, 5) is 53.0. The maximum atomic E-state index is 12.4. The van der Waals surface area contributed by atoms with Gasteiger partial charge < -0.3 is 93.2 Å². The smallest absolute Gasteiger partial charge is 0.343 e. The van der Waals surface area contributed by atoms with Crippen molar-refractivity contribution in [3.63, 3.8) is 0 Å². The van der Waals surface area contributed by atoms with E-state index in [0.717, 1.165) is 99.8 Å². The van der Waals surface area contributed by atoms with E-state index in [1.807, 2.05) is 97.1 Å². The van der Waals surface area contributed by atoms with Gasteiger partial charge in [0.25, 0.3) is 0 Å². The van der Waals surface area contributed by atoms with Crippen molar-refractivity contribution in [3.8, 4) is 23.0 Å². The summed E-state index contributed by atoms with van der Waals surface area (Å²) in [6.45, 7) is 0. The van der Waals surface area contributed by atoms with Crippen molar-refractivity contribution in [3.05, 3.63) is 304 Å². The molecule has 0 saturated carbocycles. The number of nitrogens with one attached hydrogen (secondary N) is 4. The van der Waals surface area contributed by atoms with Gasteiger partial charge in [0, 0.05) is 126 Å². The maximum Gasteiger partial charge on any atom is 0.343 e. The molecule has 0 spiro atoms. The van der Waals surface area contributed by atoms with E-state index in [9.17, 15) is 29.4 Å². The molecule has 16 N–H and O–H groups in total. The number of aromatic hydroxyl groups is 2. The molecule has 10 rings (SSSR count). The van der Waals surface area contributed by atoms with E-state index in [0.29, 0.717) is 68.0 Å². The molecule has 20 nitrogen and oxygen atoms in total. The van der Waals surface area contributed by atoms with Gasteiger partial charge in [-0.25, -0.2) is 24.2 Å². The van der Waals surface area contributed by atoms with Crippen LogP contribution in [0.15, 0.2) is 228 Å². The van der Waals surface area contributed by atoms with E-state index in [2.05, 4.69) is 57.6 Å². The van der Waals surface area contributed by atoms with Gasteiger partial charge in [-0.2, -0.15) is 0 Å². The number of fused-ring (bicyclic) bond motifs is 2. The van der Waals surface area contributed by atoms with E-state index >= 15 is 0 Å². The van der Waals surface area contributed by atoms with Gasteiger partial charge in [0.1, 0.15) is 34.7 Å². The Morgan fingerprint density at radius 1 is 0.443 bits per heavy atom. The van der Waals surface area contributed by atoms with Crippen LogP contribution in [0, 0.1) is 40.5 Å². The zero-order valence-corrected chi connectivity index (χ0v) is 76.2. The van der Waals surface area contributed by atoms with Crippen molar-refractivity contribution < 1.29 is 133 Å². The van der Waals surface area contributed by atoms with Crippen LogP contribution >= 0.6 is 37.0 Å². The van der Waals surface area contributed by atoms with Crippen molar-refractivity contribution in [1.82, 2.24) is 5.32 Å². The second kappa shape index (κ2) is 56.4. The molecule has 0 radical (unpaired) electrons. The Morgan fingerprint density at radius 2 is 0.830 bits per heavy atom. The molecular formula is C78H94N10O10P4W4-4. The van der Waals surface area contributed by atoms with Gasteiger partial charge in [0.05, 0.1) is 27.9 Å². The van der Waals surface area contributed by atoms with Crippen molar-refractivity contribution in [2.45, 2.75) is 25.7 Å². The predicted octanol–water partition coefficient (Wildman–Crippen LogP) is 14.2. The zero-order chi connectivity index (χ0) is 71.5. The number of hydrogen-bond donors (Lipinski definition) is 12. The number of hydrogen-bond acceptors (Lipinski definition) is 12. The SMILES string of the molecule is CN=C(NC)Nc1ccc(O)c(CCP)c1.N=C(N)c1ccc2c(CCP)c(O)ccc2c1.N=C(N)c1ccc2c(CCP)c(OC(=O)c3ccccc3)ccc2c1.NC(N)=Nc1ccc(OC(=O)c2ccccc2)c(CCP)c1.O=C(O)c1ccccc1.O=C(O)c1ccccc1.[CH3-].[CH3-].[CH3-].[CH3-].[W].[W].[W].[W]. The number of aromatic carboxylic acids is 2. The van der Waals surface area contributed by atoms with Crippen LogP contribution in [0.4, 0.5) is 11.4 Å². The molecule has 106 heavy (non-hydrogen) atoms. The van der Waals surface area contributed by atoms with Crippen molar-refractivity contribution in [2.24, 2.45) is 32.9 Å². The third-order valence-corrected chi connectivity index (χ3v) is 15.2. The van der Waals surface area contributed by atoms with Crippen LogP contribution in [0.1, 0.15) is 74.8 Å². The third kappa shape index (κ3) is 34.8. The molecule has 0 aliphatic heterocycles. The molecule has 0 heterocycles. The summed E-state index contributed by atoms with van der Waals surface area (Å²) >= 11 is 0.